The third-order valence-electron chi connectivity index (χ3n) is 2.72. The molecule has 5 nitrogen and oxygen atoms in total. The highest BCUT2D eigenvalue weighted by Crippen LogP contribution is 2.19. The van der Waals surface area contributed by atoms with Gasteiger partial charge >= 0.3 is 5.76 Å². The Morgan fingerprint density at radius 3 is 2.94 bits per heavy atom. The van der Waals surface area contributed by atoms with Crippen molar-refractivity contribution < 1.29 is 4.42 Å². The Morgan fingerprint density at radius 2 is 2.22 bits per heavy atom. The molecular weight excluding hydrogens is 298 g/mol. The Bertz CT molecular complexity index is 769. The van der Waals surface area contributed by atoms with Crippen LogP contribution in [0.3, 0.4) is 0 Å². The summed E-state index contributed by atoms with van der Waals surface area (Å²) < 4.78 is 9.37. The fraction of sp³-hybridized carbons (Fsp3) is 0.167. The Morgan fingerprint density at radius 1 is 1.39 bits per heavy atom. The lowest BCUT2D eigenvalue weighted by Crippen LogP contribution is -2.15. The molecule has 3 aromatic rings. The molecule has 0 amide bonds. The summed E-state index contributed by atoms with van der Waals surface area (Å²) >= 11 is 3.35. The lowest BCUT2D eigenvalue weighted by atomic mass is 10.3. The van der Waals surface area contributed by atoms with Crippen molar-refractivity contribution in [2.45, 2.75) is 6.54 Å². The number of halogens is 1. The van der Waals surface area contributed by atoms with Crippen molar-refractivity contribution in [3.05, 3.63) is 51.2 Å². The summed E-state index contributed by atoms with van der Waals surface area (Å²) in [6.07, 6.45) is 1.85. The number of nitrogens with zero attached hydrogens (tertiary/aromatic N) is 3. The fourth-order valence-electron chi connectivity index (χ4n) is 1.90. The van der Waals surface area contributed by atoms with Crippen molar-refractivity contribution in [1.82, 2.24) is 14.3 Å². The topological polar surface area (TPSA) is 53.0 Å². The van der Waals surface area contributed by atoms with E-state index in [0.717, 1.165) is 15.7 Å². The molecule has 92 valence electrons. The first-order chi connectivity index (χ1) is 8.63. The minimum Gasteiger partial charge on any atom is -0.408 e. The van der Waals surface area contributed by atoms with E-state index in [1.807, 2.05) is 31.4 Å². The van der Waals surface area contributed by atoms with Crippen LogP contribution >= 0.6 is 15.9 Å². The number of hydrogen-bond acceptors (Lipinski definition) is 3. The first-order valence-corrected chi connectivity index (χ1v) is 6.20. The summed E-state index contributed by atoms with van der Waals surface area (Å²) in [5.41, 5.74) is 2.17. The van der Waals surface area contributed by atoms with Gasteiger partial charge in [-0.1, -0.05) is 15.9 Å². The predicted molar refractivity (Wildman–Crippen MR) is 70.5 cm³/mol. The van der Waals surface area contributed by atoms with Crippen molar-refractivity contribution in [3.8, 4) is 0 Å². The molecule has 0 radical (unpaired) electrons. The maximum Gasteiger partial charge on any atom is 0.420 e. The van der Waals surface area contributed by atoms with Crippen molar-refractivity contribution in [3.63, 3.8) is 0 Å². The minimum atomic E-state index is -0.367. The maximum absolute atomic E-state index is 11.8. The highest BCUT2D eigenvalue weighted by atomic mass is 79.9. The van der Waals surface area contributed by atoms with Gasteiger partial charge in [-0.2, -0.15) is 5.10 Å². The van der Waals surface area contributed by atoms with Crippen molar-refractivity contribution in [2.75, 3.05) is 0 Å². The van der Waals surface area contributed by atoms with E-state index in [-0.39, 0.29) is 5.76 Å². The van der Waals surface area contributed by atoms with Gasteiger partial charge in [0.05, 0.1) is 17.8 Å². The fourth-order valence-corrected chi connectivity index (χ4v) is 2.24. The smallest absolute Gasteiger partial charge is 0.408 e. The molecule has 0 N–H and O–H groups in total. The second kappa shape index (κ2) is 4.13. The van der Waals surface area contributed by atoms with Gasteiger partial charge in [0.2, 0.25) is 0 Å². The Kier molecular flexibility index (Phi) is 2.59. The number of hydrogen-bond donors (Lipinski definition) is 0. The molecule has 0 saturated carbocycles. The molecule has 2 heterocycles. The molecule has 0 aliphatic heterocycles. The van der Waals surface area contributed by atoms with E-state index < -0.39 is 0 Å². The van der Waals surface area contributed by atoms with E-state index in [9.17, 15) is 4.79 Å². The van der Waals surface area contributed by atoms with E-state index in [1.165, 1.54) is 0 Å². The summed E-state index contributed by atoms with van der Waals surface area (Å²) in [6, 6.07) is 7.40. The van der Waals surface area contributed by atoms with Gasteiger partial charge in [-0.25, -0.2) is 4.79 Å². The summed E-state index contributed by atoms with van der Waals surface area (Å²) in [7, 11) is 1.84. The summed E-state index contributed by atoms with van der Waals surface area (Å²) in [5, 5.41) is 4.26. The first-order valence-electron chi connectivity index (χ1n) is 5.41. The van der Waals surface area contributed by atoms with Gasteiger partial charge in [-0.3, -0.25) is 9.25 Å². The van der Waals surface area contributed by atoms with Crippen molar-refractivity contribution in [2.24, 2.45) is 7.05 Å². The van der Waals surface area contributed by atoms with Gasteiger partial charge in [0.15, 0.2) is 5.58 Å². The van der Waals surface area contributed by atoms with Gasteiger partial charge in [0.25, 0.3) is 0 Å². The maximum atomic E-state index is 11.8. The number of aryl methyl sites for hydroxylation is 1. The van der Waals surface area contributed by atoms with Crippen LogP contribution in [0.5, 0.6) is 0 Å². The number of fused-ring (bicyclic) bond motifs is 1. The van der Waals surface area contributed by atoms with Crippen LogP contribution in [0, 0.1) is 0 Å². The van der Waals surface area contributed by atoms with Crippen LogP contribution in [0.1, 0.15) is 5.69 Å². The predicted octanol–water partition coefficient (Wildman–Crippen LogP) is 2.14. The van der Waals surface area contributed by atoms with Gasteiger partial charge < -0.3 is 4.42 Å². The average molecular weight is 308 g/mol. The monoisotopic (exact) mass is 307 g/mol. The molecule has 0 unspecified atom stereocenters. The zero-order valence-corrected chi connectivity index (χ0v) is 11.2. The molecule has 2 aromatic heterocycles. The zero-order chi connectivity index (χ0) is 12.7. The Balaban J connectivity index is 2.11. The van der Waals surface area contributed by atoms with Gasteiger partial charge in [0, 0.05) is 17.7 Å². The average Bonchev–Trinajstić information content (AvgIpc) is 2.84. The van der Waals surface area contributed by atoms with E-state index in [1.54, 1.807) is 15.3 Å². The molecule has 1 aromatic carbocycles. The van der Waals surface area contributed by atoms with Crippen LogP contribution in [0.2, 0.25) is 0 Å². The molecule has 6 heteroatoms. The standard InChI is InChI=1S/C12H10BrN3O2/c1-15-5-4-9(14-15)7-16-10-3-2-8(13)6-11(10)18-12(16)17/h2-6H,7H2,1H3. The van der Waals surface area contributed by atoms with E-state index >= 15 is 0 Å². The lowest BCUT2D eigenvalue weighted by Gasteiger charge is -1.98. The Hall–Kier alpha value is -1.82. The van der Waals surface area contributed by atoms with Crippen LogP contribution in [-0.2, 0) is 13.6 Å². The van der Waals surface area contributed by atoms with Gasteiger partial charge in [-0.15, -0.1) is 0 Å². The molecule has 0 bridgehead atoms. The van der Waals surface area contributed by atoms with Crippen molar-refractivity contribution in [1.29, 1.82) is 0 Å². The van der Waals surface area contributed by atoms with E-state index in [0.29, 0.717) is 12.1 Å². The largest absolute Gasteiger partial charge is 0.420 e. The first kappa shape index (κ1) is 11.3. The minimum absolute atomic E-state index is 0.367. The number of rotatable bonds is 2. The van der Waals surface area contributed by atoms with Crippen LogP contribution < -0.4 is 5.76 Å². The summed E-state index contributed by atoms with van der Waals surface area (Å²) in [6.45, 7) is 0.411. The van der Waals surface area contributed by atoms with Gasteiger partial charge in [0.1, 0.15) is 0 Å². The number of benzene rings is 1. The normalized spacial score (nSPS) is 11.2. The van der Waals surface area contributed by atoms with E-state index in [2.05, 4.69) is 21.0 Å². The SMILES string of the molecule is Cn1ccc(Cn2c(=O)oc3cc(Br)ccc32)n1. The molecule has 0 aliphatic carbocycles. The number of aromatic nitrogens is 3. The zero-order valence-electron chi connectivity index (χ0n) is 9.63. The molecule has 0 atom stereocenters. The summed E-state index contributed by atoms with van der Waals surface area (Å²) in [4.78, 5) is 11.8. The molecule has 0 aliphatic rings. The van der Waals surface area contributed by atoms with Crippen LogP contribution in [0.4, 0.5) is 0 Å². The highest BCUT2D eigenvalue weighted by molar-refractivity contribution is 9.10. The highest BCUT2D eigenvalue weighted by Gasteiger charge is 2.10. The van der Waals surface area contributed by atoms with Crippen LogP contribution in [0.25, 0.3) is 11.1 Å². The lowest BCUT2D eigenvalue weighted by molar-refractivity contribution is 0.515. The second-order valence-corrected chi connectivity index (χ2v) is 4.96. The van der Waals surface area contributed by atoms with E-state index in [4.69, 9.17) is 4.42 Å². The van der Waals surface area contributed by atoms with Gasteiger partial charge in [-0.05, 0) is 24.3 Å². The molecule has 0 fully saturated rings. The second-order valence-electron chi connectivity index (χ2n) is 4.05. The van der Waals surface area contributed by atoms with Crippen molar-refractivity contribution >= 4 is 27.0 Å². The molecule has 0 saturated heterocycles. The third kappa shape index (κ3) is 1.88. The van der Waals surface area contributed by atoms with Crippen LogP contribution in [0.15, 0.2) is 44.1 Å². The molecule has 0 spiro atoms. The van der Waals surface area contributed by atoms with Crippen LogP contribution in [-0.4, -0.2) is 14.3 Å². The molecular formula is C12H10BrN3O2. The summed E-state index contributed by atoms with van der Waals surface area (Å²) in [5.74, 6) is -0.367. The Labute approximate surface area is 111 Å². The molecule has 3 rings (SSSR count). The number of oxazole rings is 1. The third-order valence-corrected chi connectivity index (χ3v) is 3.21. The quantitative estimate of drug-likeness (QED) is 0.729. The molecule has 18 heavy (non-hydrogen) atoms.